The fourth-order valence-corrected chi connectivity index (χ4v) is 2.03. The van der Waals surface area contributed by atoms with Gasteiger partial charge in [-0.1, -0.05) is 22.0 Å². The number of nitrogens with two attached hydrogens (primary N) is 1. The van der Waals surface area contributed by atoms with E-state index in [4.69, 9.17) is 10.5 Å². The van der Waals surface area contributed by atoms with Gasteiger partial charge in [0.2, 0.25) is 0 Å². The molecule has 0 aliphatic heterocycles. The van der Waals surface area contributed by atoms with E-state index >= 15 is 0 Å². The molecule has 0 saturated carbocycles. The van der Waals surface area contributed by atoms with Crippen LogP contribution in [0.15, 0.2) is 40.9 Å². The van der Waals surface area contributed by atoms with Crippen LogP contribution in [0.1, 0.15) is 11.1 Å². The number of halogens is 4. The summed E-state index contributed by atoms with van der Waals surface area (Å²) >= 11 is 3.13. The normalized spacial score (nSPS) is 11.4. The molecular formula is C14H11BrF3NO. The Balaban J connectivity index is 2.45. The SMILES string of the molecule is Cc1ccc(Oc2cc(Br)ccc2C(F)(F)F)c(N)c1. The van der Waals surface area contributed by atoms with Crippen LogP contribution in [0.2, 0.25) is 0 Å². The molecule has 2 aromatic carbocycles. The van der Waals surface area contributed by atoms with E-state index in [-0.39, 0.29) is 17.2 Å². The van der Waals surface area contributed by atoms with Gasteiger partial charge in [0.15, 0.2) is 0 Å². The van der Waals surface area contributed by atoms with Crippen LogP contribution in [0, 0.1) is 6.92 Å². The third-order valence-electron chi connectivity index (χ3n) is 2.63. The molecule has 2 rings (SSSR count). The van der Waals surface area contributed by atoms with Crippen molar-refractivity contribution in [1.82, 2.24) is 0 Å². The summed E-state index contributed by atoms with van der Waals surface area (Å²) in [4.78, 5) is 0. The van der Waals surface area contributed by atoms with Gasteiger partial charge in [0.05, 0.1) is 11.3 Å². The van der Waals surface area contributed by atoms with E-state index in [9.17, 15) is 13.2 Å². The second-order valence-corrected chi connectivity index (χ2v) is 5.20. The van der Waals surface area contributed by atoms with Crippen LogP contribution in [0.4, 0.5) is 18.9 Å². The van der Waals surface area contributed by atoms with E-state index in [0.29, 0.717) is 4.47 Å². The second-order valence-electron chi connectivity index (χ2n) is 4.28. The number of aryl methyl sites for hydroxylation is 1. The second kappa shape index (κ2) is 5.36. The highest BCUT2D eigenvalue weighted by Crippen LogP contribution is 2.40. The highest BCUT2D eigenvalue weighted by atomic mass is 79.9. The first-order valence-electron chi connectivity index (χ1n) is 5.68. The molecular weight excluding hydrogens is 335 g/mol. The molecule has 0 spiro atoms. The van der Waals surface area contributed by atoms with Gasteiger partial charge in [0.25, 0.3) is 0 Å². The predicted molar refractivity (Wildman–Crippen MR) is 74.8 cm³/mol. The van der Waals surface area contributed by atoms with Crippen molar-refractivity contribution < 1.29 is 17.9 Å². The number of benzene rings is 2. The molecule has 106 valence electrons. The molecule has 0 saturated heterocycles. The molecule has 0 amide bonds. The van der Waals surface area contributed by atoms with Crippen molar-refractivity contribution in [3.63, 3.8) is 0 Å². The zero-order chi connectivity index (χ0) is 14.9. The number of nitrogen functional groups attached to an aromatic ring is 1. The minimum atomic E-state index is -4.49. The van der Waals surface area contributed by atoms with Crippen LogP contribution >= 0.6 is 15.9 Å². The maximum Gasteiger partial charge on any atom is 0.419 e. The summed E-state index contributed by atoms with van der Waals surface area (Å²) in [6.45, 7) is 1.83. The lowest BCUT2D eigenvalue weighted by molar-refractivity contribution is -0.138. The fourth-order valence-electron chi connectivity index (χ4n) is 1.69. The minimum Gasteiger partial charge on any atom is -0.455 e. The molecule has 2 N–H and O–H groups in total. The summed E-state index contributed by atoms with van der Waals surface area (Å²) in [5.74, 6) is -0.0957. The molecule has 20 heavy (non-hydrogen) atoms. The summed E-state index contributed by atoms with van der Waals surface area (Å²) in [5, 5.41) is 0. The number of hydrogen-bond acceptors (Lipinski definition) is 2. The Morgan fingerprint density at radius 1 is 1.05 bits per heavy atom. The van der Waals surface area contributed by atoms with E-state index in [0.717, 1.165) is 11.6 Å². The van der Waals surface area contributed by atoms with E-state index in [1.54, 1.807) is 18.2 Å². The maximum absolute atomic E-state index is 12.9. The Hall–Kier alpha value is -1.69. The highest BCUT2D eigenvalue weighted by molar-refractivity contribution is 9.10. The Morgan fingerprint density at radius 2 is 1.75 bits per heavy atom. The van der Waals surface area contributed by atoms with Crippen LogP contribution in [0.3, 0.4) is 0 Å². The summed E-state index contributed by atoms with van der Waals surface area (Å²) in [5.41, 5.74) is 6.09. The Kier molecular flexibility index (Phi) is 3.94. The van der Waals surface area contributed by atoms with Crippen molar-refractivity contribution in [3.05, 3.63) is 52.0 Å². The Bertz CT molecular complexity index is 641. The van der Waals surface area contributed by atoms with Crippen LogP contribution in [-0.2, 0) is 6.18 Å². The molecule has 0 radical (unpaired) electrons. The molecule has 0 bridgehead atoms. The van der Waals surface area contributed by atoms with Gasteiger partial charge in [-0.05, 0) is 42.8 Å². The lowest BCUT2D eigenvalue weighted by Crippen LogP contribution is -2.07. The maximum atomic E-state index is 12.9. The van der Waals surface area contributed by atoms with Gasteiger partial charge >= 0.3 is 6.18 Å². The van der Waals surface area contributed by atoms with Crippen LogP contribution < -0.4 is 10.5 Å². The van der Waals surface area contributed by atoms with Crippen molar-refractivity contribution in [2.75, 3.05) is 5.73 Å². The summed E-state index contributed by atoms with van der Waals surface area (Å²) in [7, 11) is 0. The van der Waals surface area contributed by atoms with Gasteiger partial charge in [0.1, 0.15) is 11.5 Å². The standard InChI is InChI=1S/C14H11BrF3NO/c1-8-2-5-12(11(19)6-8)20-13-7-9(15)3-4-10(13)14(16,17)18/h2-7H,19H2,1H3. The monoisotopic (exact) mass is 345 g/mol. The fraction of sp³-hybridized carbons (Fsp3) is 0.143. The third kappa shape index (κ3) is 3.25. The molecule has 0 atom stereocenters. The first-order valence-corrected chi connectivity index (χ1v) is 6.47. The zero-order valence-electron chi connectivity index (χ0n) is 10.5. The van der Waals surface area contributed by atoms with E-state index in [1.165, 1.54) is 12.1 Å². The summed E-state index contributed by atoms with van der Waals surface area (Å²) < 4.78 is 44.6. The number of rotatable bonds is 2. The average molecular weight is 346 g/mol. The quantitative estimate of drug-likeness (QED) is 0.763. The smallest absolute Gasteiger partial charge is 0.419 e. The Labute approximate surface area is 122 Å². The molecule has 0 aliphatic rings. The molecule has 0 aliphatic carbocycles. The van der Waals surface area contributed by atoms with Gasteiger partial charge in [0, 0.05) is 4.47 Å². The van der Waals surface area contributed by atoms with E-state index in [2.05, 4.69) is 15.9 Å². The lowest BCUT2D eigenvalue weighted by Gasteiger charge is -2.15. The summed E-state index contributed by atoms with van der Waals surface area (Å²) in [6, 6.07) is 8.45. The predicted octanol–water partition coefficient (Wildman–Crippen LogP) is 5.15. The van der Waals surface area contributed by atoms with E-state index < -0.39 is 11.7 Å². The molecule has 0 heterocycles. The van der Waals surface area contributed by atoms with Gasteiger partial charge in [-0.15, -0.1) is 0 Å². The van der Waals surface area contributed by atoms with Crippen molar-refractivity contribution in [2.24, 2.45) is 0 Å². The lowest BCUT2D eigenvalue weighted by atomic mass is 10.2. The number of ether oxygens (including phenoxy) is 1. The van der Waals surface area contributed by atoms with Gasteiger partial charge in [-0.3, -0.25) is 0 Å². The van der Waals surface area contributed by atoms with Crippen molar-refractivity contribution in [1.29, 1.82) is 0 Å². The summed E-state index contributed by atoms with van der Waals surface area (Å²) in [6.07, 6.45) is -4.49. The molecule has 2 nitrogen and oxygen atoms in total. The first-order chi connectivity index (χ1) is 9.27. The van der Waals surface area contributed by atoms with Crippen LogP contribution in [-0.4, -0.2) is 0 Å². The van der Waals surface area contributed by atoms with Gasteiger partial charge in [-0.2, -0.15) is 13.2 Å². The zero-order valence-corrected chi connectivity index (χ0v) is 12.0. The van der Waals surface area contributed by atoms with Crippen molar-refractivity contribution >= 4 is 21.6 Å². The Morgan fingerprint density at radius 3 is 2.35 bits per heavy atom. The molecule has 6 heteroatoms. The largest absolute Gasteiger partial charge is 0.455 e. The van der Waals surface area contributed by atoms with Gasteiger partial charge in [-0.25, -0.2) is 0 Å². The molecule has 0 unspecified atom stereocenters. The molecule has 0 fully saturated rings. The van der Waals surface area contributed by atoms with Gasteiger partial charge < -0.3 is 10.5 Å². The number of hydrogen-bond donors (Lipinski definition) is 1. The van der Waals surface area contributed by atoms with Crippen LogP contribution in [0.5, 0.6) is 11.5 Å². The molecule has 2 aromatic rings. The molecule has 0 aromatic heterocycles. The first kappa shape index (κ1) is 14.7. The van der Waals surface area contributed by atoms with Crippen molar-refractivity contribution in [2.45, 2.75) is 13.1 Å². The highest BCUT2D eigenvalue weighted by Gasteiger charge is 2.34. The third-order valence-corrected chi connectivity index (χ3v) is 3.13. The van der Waals surface area contributed by atoms with E-state index in [1.807, 2.05) is 6.92 Å². The average Bonchev–Trinajstić information content (AvgIpc) is 2.31. The topological polar surface area (TPSA) is 35.2 Å². The van der Waals surface area contributed by atoms with Crippen LogP contribution in [0.25, 0.3) is 0 Å². The number of alkyl halides is 3. The minimum absolute atomic E-state index is 0.194. The van der Waals surface area contributed by atoms with Crippen molar-refractivity contribution in [3.8, 4) is 11.5 Å². The number of anilines is 1.